The van der Waals surface area contributed by atoms with E-state index in [9.17, 15) is 14.4 Å². The van der Waals surface area contributed by atoms with Gasteiger partial charge in [-0.05, 0) is 67.8 Å². The molecule has 2 aliphatic heterocycles. The Morgan fingerprint density at radius 3 is 2.42 bits per heavy atom. The maximum atomic E-state index is 13.6. The normalized spacial score (nSPS) is 29.3. The minimum atomic E-state index is -0.445. The van der Waals surface area contributed by atoms with Gasteiger partial charge in [-0.25, -0.2) is 4.79 Å². The van der Waals surface area contributed by atoms with Gasteiger partial charge in [0.15, 0.2) is 6.61 Å². The number of esters is 1. The van der Waals surface area contributed by atoms with Crippen LogP contribution in [0.2, 0.25) is 0 Å². The van der Waals surface area contributed by atoms with Crippen molar-refractivity contribution < 1.29 is 28.7 Å². The van der Waals surface area contributed by atoms with Crippen LogP contribution in [-0.4, -0.2) is 42.8 Å². The van der Waals surface area contributed by atoms with Gasteiger partial charge in [0, 0.05) is 17.4 Å². The summed E-state index contributed by atoms with van der Waals surface area (Å²) in [6.07, 6.45) is 0.517. The van der Waals surface area contributed by atoms with Crippen LogP contribution >= 0.6 is 0 Å². The number of nitrogens with zero attached hydrogens (tertiary/aromatic N) is 3. The number of amides is 2. The van der Waals surface area contributed by atoms with Crippen LogP contribution in [0.25, 0.3) is 0 Å². The Morgan fingerprint density at radius 1 is 1.06 bits per heavy atom. The van der Waals surface area contributed by atoms with Crippen LogP contribution in [0.1, 0.15) is 29.3 Å². The fourth-order valence-electron chi connectivity index (χ4n) is 6.42. The molecule has 4 aliphatic rings. The molecular formula is C27H23N3O6. The lowest BCUT2D eigenvalue weighted by Crippen LogP contribution is -2.41. The Bertz CT molecular complexity index is 1310. The van der Waals surface area contributed by atoms with E-state index in [0.29, 0.717) is 17.0 Å². The Morgan fingerprint density at radius 2 is 1.75 bits per heavy atom. The van der Waals surface area contributed by atoms with Crippen molar-refractivity contribution >= 4 is 29.2 Å². The zero-order valence-electron chi connectivity index (χ0n) is 19.5. The van der Waals surface area contributed by atoms with Crippen molar-refractivity contribution in [3.8, 4) is 11.8 Å². The van der Waals surface area contributed by atoms with Crippen LogP contribution in [0.5, 0.6) is 5.75 Å². The van der Waals surface area contributed by atoms with Crippen LogP contribution < -0.4 is 9.64 Å². The fraction of sp³-hybridized carbons (Fsp3) is 0.370. The topological polar surface area (TPSA) is 118 Å². The number of hydrogen-bond donors (Lipinski definition) is 0. The van der Waals surface area contributed by atoms with Crippen LogP contribution in [0.4, 0.5) is 5.69 Å². The molecule has 1 saturated heterocycles. The average molecular weight is 485 g/mol. The zero-order valence-corrected chi connectivity index (χ0v) is 19.5. The molecule has 9 nitrogen and oxygen atoms in total. The van der Waals surface area contributed by atoms with Crippen molar-refractivity contribution in [1.29, 1.82) is 5.26 Å². The molecule has 2 amide bonds. The summed E-state index contributed by atoms with van der Waals surface area (Å²) in [6, 6.07) is 15.6. The third kappa shape index (κ3) is 3.21. The Kier molecular flexibility index (Phi) is 5.25. The first-order valence-electron chi connectivity index (χ1n) is 12.0. The molecule has 2 saturated carbocycles. The van der Waals surface area contributed by atoms with Gasteiger partial charge in [-0.15, -0.1) is 0 Å². The molecule has 0 unspecified atom stereocenters. The van der Waals surface area contributed by atoms with E-state index in [1.54, 1.807) is 43.3 Å². The van der Waals surface area contributed by atoms with Crippen molar-refractivity contribution in [2.24, 2.45) is 34.7 Å². The SMILES string of the molecule is CCOC(=O)c1ccc(N2C(=O)[C@@H]3[C@H]4C[C@H]([C@H]5ON=C(c6ccc(OCC#N)cc6)[C@H]45)[C@@H]3C2=O)cc1. The summed E-state index contributed by atoms with van der Waals surface area (Å²) in [6.45, 7) is 1.97. The number of carbonyl (C=O) groups is 3. The van der Waals surface area contributed by atoms with Crippen molar-refractivity contribution in [2.75, 3.05) is 18.1 Å². The molecule has 0 aromatic heterocycles. The van der Waals surface area contributed by atoms with Gasteiger partial charge in [0.2, 0.25) is 11.8 Å². The third-order valence-electron chi connectivity index (χ3n) is 7.78. The highest BCUT2D eigenvalue weighted by atomic mass is 16.6. The summed E-state index contributed by atoms with van der Waals surface area (Å²) < 4.78 is 10.3. The number of ether oxygens (including phenoxy) is 2. The first kappa shape index (κ1) is 22.3. The Hall–Kier alpha value is -4.19. The first-order valence-corrected chi connectivity index (χ1v) is 12.0. The number of hydrogen-bond acceptors (Lipinski definition) is 8. The van der Waals surface area contributed by atoms with Gasteiger partial charge in [0.05, 0.1) is 35.4 Å². The largest absolute Gasteiger partial charge is 0.479 e. The predicted molar refractivity (Wildman–Crippen MR) is 126 cm³/mol. The lowest BCUT2D eigenvalue weighted by molar-refractivity contribution is -0.125. The molecule has 2 aromatic rings. The highest BCUT2D eigenvalue weighted by Crippen LogP contribution is 2.62. The highest BCUT2D eigenvalue weighted by molar-refractivity contribution is 6.23. The van der Waals surface area contributed by atoms with Gasteiger partial charge in [0.1, 0.15) is 17.9 Å². The number of anilines is 1. The third-order valence-corrected chi connectivity index (χ3v) is 7.78. The Labute approximate surface area is 207 Å². The molecule has 0 N–H and O–H groups in total. The number of imide groups is 1. The second-order valence-electron chi connectivity index (χ2n) is 9.44. The van der Waals surface area contributed by atoms with Crippen molar-refractivity contribution in [3.63, 3.8) is 0 Å². The van der Waals surface area contributed by atoms with Gasteiger partial charge in [-0.3, -0.25) is 14.5 Å². The molecule has 3 fully saturated rings. The van der Waals surface area contributed by atoms with Crippen molar-refractivity contribution in [1.82, 2.24) is 0 Å². The van der Waals surface area contributed by atoms with Crippen molar-refractivity contribution in [2.45, 2.75) is 19.4 Å². The van der Waals surface area contributed by atoms with Gasteiger partial charge in [-0.2, -0.15) is 5.26 Å². The van der Waals surface area contributed by atoms with E-state index in [-0.39, 0.29) is 48.9 Å². The van der Waals surface area contributed by atoms with Gasteiger partial charge in [-0.1, -0.05) is 5.16 Å². The standard InChI is InChI=1S/C27H23N3O6/c1-2-34-27(33)15-3-7-16(8-4-15)30-25(31)20-18-13-19(21(20)26(30)32)24-22(18)23(29-36-24)14-5-9-17(10-6-14)35-12-11-28/h3-10,18-22,24H,2,12-13H2,1H3/t18-,19+,20-,21+,22+,24-/m1/s1. The van der Waals surface area contributed by atoms with Crippen molar-refractivity contribution in [3.05, 3.63) is 59.7 Å². The predicted octanol–water partition coefficient (Wildman–Crippen LogP) is 2.94. The van der Waals surface area contributed by atoms with Crippen LogP contribution in [-0.2, 0) is 19.2 Å². The molecule has 0 radical (unpaired) electrons. The van der Waals surface area contributed by atoms with Gasteiger partial charge in [0.25, 0.3) is 0 Å². The number of oxime groups is 1. The first-order chi connectivity index (χ1) is 17.5. The van der Waals surface area contributed by atoms with E-state index in [1.807, 2.05) is 18.2 Å². The van der Waals surface area contributed by atoms with Gasteiger partial charge < -0.3 is 14.3 Å². The second kappa shape index (κ2) is 8.48. The quantitative estimate of drug-likeness (QED) is 0.456. The summed E-state index contributed by atoms with van der Waals surface area (Å²) >= 11 is 0. The van der Waals surface area contributed by atoms with Crippen LogP contribution in [0.3, 0.4) is 0 Å². The van der Waals surface area contributed by atoms with Crippen LogP contribution in [0.15, 0.2) is 53.7 Å². The molecule has 6 atom stereocenters. The molecule has 36 heavy (non-hydrogen) atoms. The number of rotatable bonds is 6. The number of benzene rings is 2. The fourth-order valence-corrected chi connectivity index (χ4v) is 6.42. The van der Waals surface area contributed by atoms with E-state index < -0.39 is 17.8 Å². The molecule has 6 rings (SSSR count). The monoisotopic (exact) mass is 485 g/mol. The highest BCUT2D eigenvalue weighted by Gasteiger charge is 2.70. The van der Waals surface area contributed by atoms with E-state index in [2.05, 4.69) is 5.16 Å². The second-order valence-corrected chi connectivity index (χ2v) is 9.44. The lowest BCUT2D eigenvalue weighted by Gasteiger charge is -2.29. The molecule has 2 aliphatic carbocycles. The average Bonchev–Trinajstić information content (AvgIpc) is 3.64. The van der Waals surface area contributed by atoms with E-state index in [4.69, 9.17) is 19.6 Å². The summed E-state index contributed by atoms with van der Waals surface area (Å²) in [4.78, 5) is 46.1. The molecular weight excluding hydrogens is 462 g/mol. The molecule has 182 valence electrons. The molecule has 2 bridgehead atoms. The maximum Gasteiger partial charge on any atom is 0.338 e. The summed E-state index contributed by atoms with van der Waals surface area (Å²) in [5.74, 6) is -1.30. The maximum absolute atomic E-state index is 13.6. The zero-order chi connectivity index (χ0) is 25.0. The molecule has 2 aromatic carbocycles. The minimum absolute atomic E-state index is 0.0287. The molecule has 2 heterocycles. The van der Waals surface area contributed by atoms with Crippen LogP contribution in [0, 0.1) is 40.9 Å². The summed E-state index contributed by atoms with van der Waals surface area (Å²) in [7, 11) is 0. The summed E-state index contributed by atoms with van der Waals surface area (Å²) in [5, 5.41) is 13.1. The minimum Gasteiger partial charge on any atom is -0.479 e. The van der Waals surface area contributed by atoms with E-state index in [0.717, 1.165) is 17.7 Å². The lowest BCUT2D eigenvalue weighted by atomic mass is 9.71. The summed E-state index contributed by atoms with van der Waals surface area (Å²) in [5.41, 5.74) is 2.49. The van der Waals surface area contributed by atoms with E-state index in [1.165, 1.54) is 4.90 Å². The number of carbonyl (C=O) groups excluding carboxylic acids is 3. The number of fused-ring (bicyclic) bond motifs is 8. The Balaban J connectivity index is 1.24. The van der Waals surface area contributed by atoms with E-state index >= 15 is 0 Å². The van der Waals surface area contributed by atoms with Gasteiger partial charge >= 0.3 is 5.97 Å². The molecule has 9 heteroatoms. The number of nitriles is 1. The molecule has 0 spiro atoms. The smallest absolute Gasteiger partial charge is 0.338 e.